The minimum Gasteiger partial charge on any atom is -0.467 e. The second-order valence-corrected chi connectivity index (χ2v) is 7.99. The molecule has 4 aromatic rings. The van der Waals surface area contributed by atoms with Gasteiger partial charge in [-0.2, -0.15) is 28.4 Å². The SMILES string of the molecule is COc1nc(NCCF)c2cc(C(F)(F)F)c(-c3ccc(F)c4sc(N)c(C#N)c34)c(F)c2n1. The van der Waals surface area contributed by atoms with Gasteiger partial charge in [0, 0.05) is 22.9 Å². The second-order valence-electron chi connectivity index (χ2n) is 6.93. The number of benzene rings is 2. The minimum absolute atomic E-state index is 0.125. The van der Waals surface area contributed by atoms with E-state index in [0.717, 1.165) is 12.1 Å². The Morgan fingerprint density at radius 3 is 2.59 bits per heavy atom. The van der Waals surface area contributed by atoms with Crippen LogP contribution in [0.1, 0.15) is 11.1 Å². The quantitative estimate of drug-likeness (QED) is 0.346. The fourth-order valence-electron chi connectivity index (χ4n) is 3.59. The number of fused-ring (bicyclic) bond motifs is 2. The Hall–Kier alpha value is -3.79. The monoisotopic (exact) mass is 497 g/mol. The smallest absolute Gasteiger partial charge is 0.417 e. The zero-order valence-electron chi connectivity index (χ0n) is 17.1. The van der Waals surface area contributed by atoms with Crippen molar-refractivity contribution < 1.29 is 31.1 Å². The van der Waals surface area contributed by atoms with Crippen LogP contribution in [0, 0.1) is 23.0 Å². The first kappa shape index (κ1) is 23.4. The Morgan fingerprint density at radius 2 is 1.97 bits per heavy atom. The third-order valence-corrected chi connectivity index (χ3v) is 6.01. The first-order valence-electron chi connectivity index (χ1n) is 9.48. The summed E-state index contributed by atoms with van der Waals surface area (Å²) in [4.78, 5) is 7.71. The summed E-state index contributed by atoms with van der Waals surface area (Å²) >= 11 is 0.665. The normalized spacial score (nSPS) is 11.7. The number of methoxy groups -OCH3 is 1. The van der Waals surface area contributed by atoms with Crippen molar-refractivity contribution in [1.82, 2.24) is 9.97 Å². The maximum Gasteiger partial charge on any atom is 0.417 e. The van der Waals surface area contributed by atoms with E-state index in [2.05, 4.69) is 15.3 Å². The Balaban J connectivity index is 2.19. The number of thiophene rings is 1. The lowest BCUT2D eigenvalue weighted by Crippen LogP contribution is -2.12. The Kier molecular flexibility index (Phi) is 5.86. The summed E-state index contributed by atoms with van der Waals surface area (Å²) in [5.74, 6) is -2.50. The number of alkyl halides is 4. The van der Waals surface area contributed by atoms with Gasteiger partial charge in [0.05, 0.1) is 22.9 Å². The van der Waals surface area contributed by atoms with Crippen molar-refractivity contribution in [2.75, 3.05) is 31.4 Å². The number of nitrogens with two attached hydrogens (primary N) is 1. The molecule has 34 heavy (non-hydrogen) atoms. The van der Waals surface area contributed by atoms with Crippen LogP contribution in [0.4, 0.5) is 37.2 Å². The molecule has 2 heterocycles. The van der Waals surface area contributed by atoms with E-state index in [0.29, 0.717) is 17.4 Å². The van der Waals surface area contributed by atoms with Crippen molar-refractivity contribution in [2.24, 2.45) is 0 Å². The molecule has 2 aromatic carbocycles. The van der Waals surface area contributed by atoms with Gasteiger partial charge in [-0.15, -0.1) is 11.3 Å². The van der Waals surface area contributed by atoms with E-state index in [1.54, 1.807) is 6.07 Å². The third kappa shape index (κ3) is 3.69. The lowest BCUT2D eigenvalue weighted by Gasteiger charge is -2.18. The molecule has 0 bridgehead atoms. The van der Waals surface area contributed by atoms with E-state index in [4.69, 9.17) is 10.5 Å². The first-order valence-corrected chi connectivity index (χ1v) is 10.3. The summed E-state index contributed by atoms with van der Waals surface area (Å²) in [5.41, 5.74) is 2.20. The molecule has 0 aliphatic heterocycles. The lowest BCUT2D eigenvalue weighted by atomic mass is 9.92. The van der Waals surface area contributed by atoms with Gasteiger partial charge in [0.15, 0.2) is 5.82 Å². The Labute approximate surface area is 191 Å². The Bertz CT molecular complexity index is 1480. The van der Waals surface area contributed by atoms with Crippen LogP contribution < -0.4 is 15.8 Å². The number of hydrogen-bond donors (Lipinski definition) is 2. The highest BCUT2D eigenvalue weighted by molar-refractivity contribution is 7.23. The number of halogens is 6. The highest BCUT2D eigenvalue weighted by atomic mass is 32.1. The fourth-order valence-corrected chi connectivity index (χ4v) is 4.54. The molecular formula is C21H13F6N5OS. The molecule has 0 atom stereocenters. The summed E-state index contributed by atoms with van der Waals surface area (Å²) in [7, 11) is 1.17. The van der Waals surface area contributed by atoms with Crippen molar-refractivity contribution in [3.63, 3.8) is 0 Å². The van der Waals surface area contributed by atoms with Gasteiger partial charge in [0.2, 0.25) is 0 Å². The van der Waals surface area contributed by atoms with Gasteiger partial charge in [0.25, 0.3) is 0 Å². The molecule has 0 spiro atoms. The molecule has 0 aliphatic rings. The highest BCUT2D eigenvalue weighted by Crippen LogP contribution is 2.47. The van der Waals surface area contributed by atoms with Gasteiger partial charge in [-0.1, -0.05) is 6.07 Å². The molecule has 176 valence electrons. The number of hydrogen-bond acceptors (Lipinski definition) is 7. The number of anilines is 2. The maximum absolute atomic E-state index is 15.9. The molecule has 0 saturated carbocycles. The van der Waals surface area contributed by atoms with Crippen molar-refractivity contribution in [1.29, 1.82) is 5.26 Å². The van der Waals surface area contributed by atoms with Gasteiger partial charge in [-0.3, -0.25) is 0 Å². The number of ether oxygens (including phenoxy) is 1. The average molecular weight is 497 g/mol. The van der Waals surface area contributed by atoms with E-state index >= 15 is 4.39 Å². The molecule has 0 amide bonds. The average Bonchev–Trinajstić information content (AvgIpc) is 3.14. The van der Waals surface area contributed by atoms with Crippen LogP contribution in [0.2, 0.25) is 0 Å². The van der Waals surface area contributed by atoms with Crippen molar-refractivity contribution in [3.8, 4) is 23.2 Å². The molecule has 3 N–H and O–H groups in total. The minimum atomic E-state index is -5.07. The van der Waals surface area contributed by atoms with Gasteiger partial charge >= 0.3 is 12.2 Å². The zero-order chi connectivity index (χ0) is 24.8. The zero-order valence-corrected chi connectivity index (χ0v) is 18.0. The lowest BCUT2D eigenvalue weighted by molar-refractivity contribution is -0.137. The molecule has 2 aromatic heterocycles. The summed E-state index contributed by atoms with van der Waals surface area (Å²) < 4.78 is 90.2. The van der Waals surface area contributed by atoms with Crippen molar-refractivity contribution in [3.05, 3.63) is 41.0 Å². The summed E-state index contributed by atoms with van der Waals surface area (Å²) in [5, 5.41) is 11.2. The predicted molar refractivity (Wildman–Crippen MR) is 115 cm³/mol. The maximum atomic E-state index is 15.9. The van der Waals surface area contributed by atoms with Gasteiger partial charge < -0.3 is 15.8 Å². The van der Waals surface area contributed by atoms with Crippen LogP contribution in [0.3, 0.4) is 0 Å². The van der Waals surface area contributed by atoms with E-state index in [1.165, 1.54) is 7.11 Å². The number of rotatable bonds is 5. The molecule has 13 heteroatoms. The molecule has 0 unspecified atom stereocenters. The largest absolute Gasteiger partial charge is 0.467 e. The van der Waals surface area contributed by atoms with E-state index in [-0.39, 0.29) is 50.0 Å². The standard InChI is InChI=1S/C21H13F6N5OS/c1-33-20-31-16-9(19(32-20)30-5-4-22)6-11(21(25,26)27)14(15(16)24)8-2-3-12(23)17-13(8)10(7-28)18(29)34-17/h2-3,6H,4-5,29H2,1H3,(H,30,31,32). The fraction of sp³-hybridized carbons (Fsp3) is 0.190. The van der Waals surface area contributed by atoms with E-state index < -0.39 is 41.1 Å². The molecule has 0 aliphatic carbocycles. The number of aromatic nitrogens is 2. The topological polar surface area (TPSA) is 96.9 Å². The van der Waals surface area contributed by atoms with Crippen LogP contribution in [0.5, 0.6) is 6.01 Å². The van der Waals surface area contributed by atoms with Crippen LogP contribution in [0.15, 0.2) is 18.2 Å². The van der Waals surface area contributed by atoms with Crippen LogP contribution in [-0.4, -0.2) is 30.3 Å². The molecule has 4 rings (SSSR count). The number of nitrogens with zero attached hydrogens (tertiary/aromatic N) is 3. The molecule has 0 fully saturated rings. The number of nitrogens with one attached hydrogen (secondary N) is 1. The molecular weight excluding hydrogens is 484 g/mol. The molecule has 6 nitrogen and oxygen atoms in total. The number of nitrogen functional groups attached to an aromatic ring is 1. The summed E-state index contributed by atoms with van der Waals surface area (Å²) in [6.45, 7) is -1.18. The van der Waals surface area contributed by atoms with Gasteiger partial charge in [-0.05, 0) is 17.7 Å². The van der Waals surface area contributed by atoms with Crippen LogP contribution >= 0.6 is 11.3 Å². The van der Waals surface area contributed by atoms with Crippen LogP contribution in [0.25, 0.3) is 32.1 Å². The first-order chi connectivity index (χ1) is 16.1. The van der Waals surface area contributed by atoms with Gasteiger partial charge in [-0.25, -0.2) is 13.2 Å². The predicted octanol–water partition coefficient (Wildman–Crippen LogP) is 5.65. The Morgan fingerprint density at radius 1 is 1.24 bits per heavy atom. The van der Waals surface area contributed by atoms with E-state index in [1.807, 2.05) is 0 Å². The number of nitriles is 1. The summed E-state index contributed by atoms with van der Waals surface area (Å²) in [6.07, 6.45) is -5.07. The third-order valence-electron chi connectivity index (χ3n) is 4.98. The van der Waals surface area contributed by atoms with Crippen molar-refractivity contribution in [2.45, 2.75) is 6.18 Å². The van der Waals surface area contributed by atoms with Crippen LogP contribution in [-0.2, 0) is 6.18 Å². The van der Waals surface area contributed by atoms with Crippen molar-refractivity contribution >= 4 is 43.1 Å². The summed E-state index contributed by atoms with van der Waals surface area (Å²) in [6, 6.07) is 3.80. The highest BCUT2D eigenvalue weighted by Gasteiger charge is 2.38. The molecule has 0 saturated heterocycles. The van der Waals surface area contributed by atoms with E-state index in [9.17, 15) is 27.2 Å². The van der Waals surface area contributed by atoms with Gasteiger partial charge in [0.1, 0.15) is 34.9 Å². The second kappa shape index (κ2) is 8.53. The molecule has 0 radical (unpaired) electrons.